The van der Waals surface area contributed by atoms with Gasteiger partial charge in [0.1, 0.15) is 5.82 Å². The van der Waals surface area contributed by atoms with Crippen molar-refractivity contribution in [3.8, 4) is 11.4 Å². The van der Waals surface area contributed by atoms with E-state index < -0.39 is 0 Å². The molecule has 1 aliphatic rings. The average Bonchev–Trinajstić information content (AvgIpc) is 3.48. The van der Waals surface area contributed by atoms with Crippen LogP contribution in [-0.4, -0.2) is 39.0 Å². The molecule has 4 aromatic rings. The van der Waals surface area contributed by atoms with Crippen LogP contribution in [0.3, 0.4) is 0 Å². The van der Waals surface area contributed by atoms with Gasteiger partial charge in [-0.25, -0.2) is 4.39 Å². The first-order valence-electron chi connectivity index (χ1n) is 10.6. The molecule has 0 amide bonds. The Bertz CT molecular complexity index is 1250. The van der Waals surface area contributed by atoms with E-state index >= 15 is 0 Å². The number of rotatable bonds is 7. The molecule has 32 heavy (non-hydrogen) atoms. The lowest BCUT2D eigenvalue weighted by atomic mass is 10.1. The average molecular weight is 448 g/mol. The number of fused-ring (bicyclic) bond motifs is 1. The van der Waals surface area contributed by atoms with E-state index in [1.807, 2.05) is 47.0 Å². The molecule has 1 saturated heterocycles. The van der Waals surface area contributed by atoms with Gasteiger partial charge >= 0.3 is 0 Å². The maximum absolute atomic E-state index is 13.4. The lowest BCUT2D eigenvalue weighted by Gasteiger charge is -2.14. The summed E-state index contributed by atoms with van der Waals surface area (Å²) in [5, 5.41) is 11.5. The summed E-state index contributed by atoms with van der Waals surface area (Å²) in [6.07, 6.45) is 2.09. The molecule has 1 atom stereocenters. The summed E-state index contributed by atoms with van der Waals surface area (Å²) < 4.78 is 21.2. The van der Waals surface area contributed by atoms with Crippen LogP contribution in [0.5, 0.6) is 0 Å². The number of ether oxygens (including phenoxy) is 1. The summed E-state index contributed by atoms with van der Waals surface area (Å²) >= 11 is 1.37. The van der Waals surface area contributed by atoms with Crippen LogP contribution in [0, 0.1) is 5.82 Å². The van der Waals surface area contributed by atoms with Crippen molar-refractivity contribution >= 4 is 28.3 Å². The van der Waals surface area contributed by atoms with E-state index in [1.54, 1.807) is 12.1 Å². The molecule has 2 heterocycles. The van der Waals surface area contributed by atoms with Gasteiger partial charge in [-0.15, -0.1) is 10.2 Å². The summed E-state index contributed by atoms with van der Waals surface area (Å²) in [5.74, 6) is 0.650. The van der Waals surface area contributed by atoms with E-state index in [9.17, 15) is 9.18 Å². The number of aromatic nitrogens is 3. The highest BCUT2D eigenvalue weighted by atomic mass is 32.2. The van der Waals surface area contributed by atoms with Gasteiger partial charge in [0.2, 0.25) is 0 Å². The van der Waals surface area contributed by atoms with Crippen molar-refractivity contribution in [1.29, 1.82) is 0 Å². The van der Waals surface area contributed by atoms with Crippen molar-refractivity contribution in [3.63, 3.8) is 0 Å². The van der Waals surface area contributed by atoms with Crippen molar-refractivity contribution in [2.75, 3.05) is 12.4 Å². The highest BCUT2D eigenvalue weighted by Gasteiger charge is 2.22. The summed E-state index contributed by atoms with van der Waals surface area (Å²) in [7, 11) is 0. The predicted octanol–water partition coefficient (Wildman–Crippen LogP) is 5.39. The van der Waals surface area contributed by atoms with Crippen LogP contribution in [0.1, 0.15) is 23.2 Å². The Balaban J connectivity index is 1.38. The van der Waals surface area contributed by atoms with Gasteiger partial charge in [0.15, 0.2) is 16.8 Å². The molecule has 5 rings (SSSR count). The number of halogens is 1. The zero-order valence-corrected chi connectivity index (χ0v) is 18.2. The van der Waals surface area contributed by atoms with Crippen LogP contribution in [-0.2, 0) is 11.3 Å². The molecule has 162 valence electrons. The third-order valence-corrected chi connectivity index (χ3v) is 6.60. The first kappa shape index (κ1) is 20.8. The normalized spacial score (nSPS) is 16.0. The number of benzene rings is 3. The van der Waals surface area contributed by atoms with Crippen LogP contribution < -0.4 is 0 Å². The smallest absolute Gasteiger partial charge is 0.192 e. The van der Waals surface area contributed by atoms with Gasteiger partial charge in [0.05, 0.1) is 18.4 Å². The second-order valence-electron chi connectivity index (χ2n) is 7.83. The highest BCUT2D eigenvalue weighted by molar-refractivity contribution is 7.99. The van der Waals surface area contributed by atoms with Gasteiger partial charge in [-0.05, 0) is 53.9 Å². The Morgan fingerprint density at radius 3 is 2.66 bits per heavy atom. The minimum Gasteiger partial charge on any atom is -0.376 e. The summed E-state index contributed by atoms with van der Waals surface area (Å²) in [6, 6.07) is 20.0. The molecular weight excluding hydrogens is 425 g/mol. The largest absolute Gasteiger partial charge is 0.376 e. The van der Waals surface area contributed by atoms with E-state index in [4.69, 9.17) is 4.74 Å². The van der Waals surface area contributed by atoms with E-state index in [2.05, 4.69) is 10.2 Å². The lowest BCUT2D eigenvalue weighted by molar-refractivity contribution is 0.0953. The molecule has 1 aliphatic heterocycles. The summed E-state index contributed by atoms with van der Waals surface area (Å²) in [4.78, 5) is 12.9. The number of ketones is 1. The maximum Gasteiger partial charge on any atom is 0.192 e. The fourth-order valence-corrected chi connectivity index (χ4v) is 4.78. The topological polar surface area (TPSA) is 57.0 Å². The molecule has 0 saturated carbocycles. The minimum absolute atomic E-state index is 0.0377. The lowest BCUT2D eigenvalue weighted by Crippen LogP contribution is -2.17. The van der Waals surface area contributed by atoms with Crippen molar-refractivity contribution in [2.45, 2.75) is 30.6 Å². The van der Waals surface area contributed by atoms with E-state index in [-0.39, 0.29) is 23.5 Å². The number of hydrogen-bond donors (Lipinski definition) is 0. The number of hydrogen-bond acceptors (Lipinski definition) is 5. The Morgan fingerprint density at radius 1 is 1.06 bits per heavy atom. The molecule has 0 aliphatic carbocycles. The molecule has 1 unspecified atom stereocenters. The second kappa shape index (κ2) is 9.22. The standard InChI is InChI=1S/C25H22FN3O2S/c26-21-11-9-18(10-12-21)24-27-28-25(29(24)15-22-6-3-13-31-22)32-16-23(30)20-8-7-17-4-1-2-5-19(17)14-20/h1-2,4-5,7-12,14,22H,3,6,13,15-16H2. The first-order chi connectivity index (χ1) is 15.7. The van der Waals surface area contributed by atoms with E-state index in [1.165, 1.54) is 23.9 Å². The second-order valence-corrected chi connectivity index (χ2v) is 8.77. The predicted molar refractivity (Wildman–Crippen MR) is 123 cm³/mol. The monoisotopic (exact) mass is 447 g/mol. The fraction of sp³-hybridized carbons (Fsp3) is 0.240. The Kier molecular flexibility index (Phi) is 6.01. The van der Waals surface area contributed by atoms with Gasteiger partial charge in [-0.3, -0.25) is 9.36 Å². The van der Waals surface area contributed by atoms with Gasteiger partial charge in [0.25, 0.3) is 0 Å². The fourth-order valence-electron chi connectivity index (χ4n) is 3.94. The van der Waals surface area contributed by atoms with Crippen molar-refractivity contribution in [3.05, 3.63) is 78.1 Å². The van der Waals surface area contributed by atoms with Gasteiger partial charge in [-0.1, -0.05) is 48.2 Å². The van der Waals surface area contributed by atoms with Crippen LogP contribution in [0.4, 0.5) is 4.39 Å². The Labute approximate surface area is 189 Å². The molecule has 5 nitrogen and oxygen atoms in total. The Morgan fingerprint density at radius 2 is 1.88 bits per heavy atom. The number of carbonyl (C=O) groups is 1. The van der Waals surface area contributed by atoms with Crippen LogP contribution in [0.2, 0.25) is 0 Å². The molecule has 0 bridgehead atoms. The molecule has 0 N–H and O–H groups in total. The van der Waals surface area contributed by atoms with Gasteiger partial charge in [0, 0.05) is 17.7 Å². The highest BCUT2D eigenvalue weighted by Crippen LogP contribution is 2.27. The van der Waals surface area contributed by atoms with Crippen LogP contribution in [0.15, 0.2) is 71.9 Å². The van der Waals surface area contributed by atoms with Gasteiger partial charge < -0.3 is 4.74 Å². The number of thioether (sulfide) groups is 1. The first-order valence-corrected chi connectivity index (χ1v) is 11.6. The molecule has 7 heteroatoms. The van der Waals surface area contributed by atoms with Crippen molar-refractivity contribution in [1.82, 2.24) is 14.8 Å². The van der Waals surface area contributed by atoms with Crippen LogP contribution >= 0.6 is 11.8 Å². The molecule has 1 fully saturated rings. The number of carbonyl (C=O) groups excluding carboxylic acids is 1. The maximum atomic E-state index is 13.4. The molecule has 0 radical (unpaired) electrons. The van der Waals surface area contributed by atoms with Crippen LogP contribution in [0.25, 0.3) is 22.2 Å². The number of Topliss-reactive ketones (excluding diaryl/α,β-unsaturated/α-hetero) is 1. The minimum atomic E-state index is -0.297. The number of nitrogens with zero attached hydrogens (tertiary/aromatic N) is 3. The van der Waals surface area contributed by atoms with Crippen molar-refractivity contribution < 1.29 is 13.9 Å². The summed E-state index contributed by atoms with van der Waals surface area (Å²) in [5.41, 5.74) is 1.46. The summed E-state index contributed by atoms with van der Waals surface area (Å²) in [6.45, 7) is 1.35. The third kappa shape index (κ3) is 4.45. The Hall–Kier alpha value is -3.03. The third-order valence-electron chi connectivity index (χ3n) is 5.63. The van der Waals surface area contributed by atoms with E-state index in [0.29, 0.717) is 23.1 Å². The SMILES string of the molecule is O=C(CSc1nnc(-c2ccc(F)cc2)n1CC1CCCO1)c1ccc2ccccc2c1. The molecular formula is C25H22FN3O2S. The molecule has 3 aromatic carbocycles. The molecule has 1 aromatic heterocycles. The zero-order chi connectivity index (χ0) is 21.9. The molecule has 0 spiro atoms. The quantitative estimate of drug-likeness (QED) is 0.281. The van der Waals surface area contributed by atoms with E-state index in [0.717, 1.165) is 35.8 Å². The van der Waals surface area contributed by atoms with Crippen molar-refractivity contribution in [2.24, 2.45) is 0 Å². The zero-order valence-electron chi connectivity index (χ0n) is 17.4. The van der Waals surface area contributed by atoms with Gasteiger partial charge in [-0.2, -0.15) is 0 Å².